The number of benzene rings is 2. The first kappa shape index (κ1) is 18.6. The van der Waals surface area contributed by atoms with Gasteiger partial charge in [-0.05, 0) is 28.1 Å². The van der Waals surface area contributed by atoms with Crippen molar-refractivity contribution in [3.05, 3.63) is 94.4 Å². The van der Waals surface area contributed by atoms with Gasteiger partial charge in [0.05, 0.1) is 12.3 Å². The zero-order chi connectivity index (χ0) is 19.1. The fourth-order valence-electron chi connectivity index (χ4n) is 2.33. The van der Waals surface area contributed by atoms with Crippen LogP contribution in [0, 0.1) is 0 Å². The molecule has 0 radical (unpaired) electrons. The van der Waals surface area contributed by atoms with E-state index in [1.165, 1.54) is 6.07 Å². The van der Waals surface area contributed by atoms with Gasteiger partial charge in [-0.15, -0.1) is 0 Å². The maximum absolute atomic E-state index is 12.1. The molecule has 136 valence electrons. The Morgan fingerprint density at radius 2 is 1.48 bits per heavy atom. The number of hydrogen-bond acceptors (Lipinski definition) is 4. The van der Waals surface area contributed by atoms with E-state index in [-0.39, 0.29) is 12.3 Å². The summed E-state index contributed by atoms with van der Waals surface area (Å²) in [6, 6.07) is 22.2. The van der Waals surface area contributed by atoms with Crippen molar-refractivity contribution < 1.29 is 14.0 Å². The van der Waals surface area contributed by atoms with E-state index >= 15 is 0 Å². The van der Waals surface area contributed by atoms with Crippen LogP contribution in [-0.4, -0.2) is 24.1 Å². The van der Waals surface area contributed by atoms with Gasteiger partial charge in [0.25, 0.3) is 11.8 Å². The number of halogens is 1. The van der Waals surface area contributed by atoms with E-state index in [0.717, 1.165) is 11.1 Å². The van der Waals surface area contributed by atoms with Crippen molar-refractivity contribution in [2.45, 2.75) is 0 Å². The molecule has 0 aliphatic rings. The molecule has 3 rings (SSSR count). The Morgan fingerprint density at radius 1 is 0.889 bits per heavy atom. The van der Waals surface area contributed by atoms with Gasteiger partial charge < -0.3 is 9.73 Å². The predicted octanol–water partition coefficient (Wildman–Crippen LogP) is 3.34. The maximum atomic E-state index is 12.1. The van der Waals surface area contributed by atoms with Crippen LogP contribution in [0.4, 0.5) is 0 Å². The first-order valence-corrected chi connectivity index (χ1v) is 8.93. The molecule has 0 bridgehead atoms. The van der Waals surface area contributed by atoms with Gasteiger partial charge in [0, 0.05) is 11.1 Å². The number of amides is 2. The van der Waals surface area contributed by atoms with Gasteiger partial charge in [-0.25, -0.2) is 5.43 Å². The zero-order valence-corrected chi connectivity index (χ0v) is 15.8. The lowest BCUT2D eigenvalue weighted by atomic mass is 10.0. The van der Waals surface area contributed by atoms with Crippen LogP contribution in [-0.2, 0) is 4.79 Å². The molecule has 6 nitrogen and oxygen atoms in total. The number of hydrazone groups is 1. The first-order valence-electron chi connectivity index (χ1n) is 8.14. The Bertz CT molecular complexity index is 911. The topological polar surface area (TPSA) is 83.7 Å². The molecule has 0 unspecified atom stereocenters. The van der Waals surface area contributed by atoms with Gasteiger partial charge in [0.15, 0.2) is 10.4 Å². The minimum Gasteiger partial charge on any atom is -0.444 e. The molecule has 2 aromatic carbocycles. The highest BCUT2D eigenvalue weighted by Gasteiger charge is 2.12. The molecular weight excluding hydrogens is 410 g/mol. The summed E-state index contributed by atoms with van der Waals surface area (Å²) < 4.78 is 5.58. The average molecular weight is 426 g/mol. The van der Waals surface area contributed by atoms with Gasteiger partial charge in [-0.3, -0.25) is 9.59 Å². The quantitative estimate of drug-likeness (QED) is 0.469. The SMILES string of the molecule is O=C(CNC(=O)c1ccc(Br)o1)NN=C(c1ccccc1)c1ccccc1. The number of carbonyl (C=O) groups excluding carboxylic acids is 2. The highest BCUT2D eigenvalue weighted by Crippen LogP contribution is 2.13. The van der Waals surface area contributed by atoms with Crippen LogP contribution < -0.4 is 10.7 Å². The second-order valence-corrected chi connectivity index (χ2v) is 6.30. The van der Waals surface area contributed by atoms with E-state index < -0.39 is 11.8 Å². The smallest absolute Gasteiger partial charge is 0.287 e. The molecule has 27 heavy (non-hydrogen) atoms. The van der Waals surface area contributed by atoms with E-state index in [1.54, 1.807) is 6.07 Å². The van der Waals surface area contributed by atoms with Crippen LogP contribution in [0.3, 0.4) is 0 Å². The van der Waals surface area contributed by atoms with Crippen molar-refractivity contribution in [2.75, 3.05) is 6.54 Å². The Hall–Kier alpha value is -3.19. The van der Waals surface area contributed by atoms with E-state index in [0.29, 0.717) is 10.4 Å². The third kappa shape index (κ3) is 5.15. The first-order chi connectivity index (χ1) is 13.1. The number of carbonyl (C=O) groups is 2. The molecule has 0 aliphatic carbocycles. The third-order valence-electron chi connectivity index (χ3n) is 3.59. The molecule has 2 N–H and O–H groups in total. The standard InChI is InChI=1S/C20H16BrN3O3/c21-17-12-11-16(27-17)20(26)22-13-18(25)23-24-19(14-7-3-1-4-8-14)15-9-5-2-6-10-15/h1-12H,13H2,(H,22,26)(H,23,25). The van der Waals surface area contributed by atoms with E-state index in [2.05, 4.69) is 31.8 Å². The summed E-state index contributed by atoms with van der Waals surface area (Å²) in [5.41, 5.74) is 4.85. The van der Waals surface area contributed by atoms with Crippen molar-refractivity contribution in [1.82, 2.24) is 10.7 Å². The summed E-state index contributed by atoms with van der Waals surface area (Å²) in [5, 5.41) is 6.73. The van der Waals surface area contributed by atoms with E-state index in [9.17, 15) is 9.59 Å². The lowest BCUT2D eigenvalue weighted by Crippen LogP contribution is -2.35. The minimum atomic E-state index is -0.480. The molecule has 0 saturated carbocycles. The number of rotatable bonds is 6. The molecule has 1 aromatic heterocycles. The van der Waals surface area contributed by atoms with Gasteiger partial charge in [0.2, 0.25) is 0 Å². The Morgan fingerprint density at radius 3 is 2.00 bits per heavy atom. The van der Waals surface area contributed by atoms with Crippen LogP contribution in [0.2, 0.25) is 0 Å². The molecule has 0 aliphatic heterocycles. The number of furan rings is 1. The number of nitrogens with zero attached hydrogens (tertiary/aromatic N) is 1. The molecule has 7 heteroatoms. The summed E-state index contributed by atoms with van der Waals surface area (Å²) in [6.45, 7) is -0.225. The lowest BCUT2D eigenvalue weighted by Gasteiger charge is -2.08. The summed E-state index contributed by atoms with van der Waals surface area (Å²) >= 11 is 3.12. The van der Waals surface area contributed by atoms with Gasteiger partial charge in [-0.1, -0.05) is 60.7 Å². The predicted molar refractivity (Wildman–Crippen MR) is 105 cm³/mol. The fourth-order valence-corrected chi connectivity index (χ4v) is 2.64. The van der Waals surface area contributed by atoms with Crippen molar-refractivity contribution in [2.24, 2.45) is 5.10 Å². The summed E-state index contributed by atoms with van der Waals surface area (Å²) in [5.74, 6) is -0.808. The molecule has 0 spiro atoms. The molecule has 0 fully saturated rings. The molecule has 0 atom stereocenters. The van der Waals surface area contributed by atoms with Crippen molar-refractivity contribution in [3.8, 4) is 0 Å². The largest absolute Gasteiger partial charge is 0.444 e. The van der Waals surface area contributed by atoms with E-state index in [1.807, 2.05) is 60.7 Å². The van der Waals surface area contributed by atoms with Crippen LogP contribution in [0.5, 0.6) is 0 Å². The number of hydrogen-bond donors (Lipinski definition) is 2. The number of nitrogens with one attached hydrogen (secondary N) is 2. The van der Waals surface area contributed by atoms with Crippen molar-refractivity contribution in [3.63, 3.8) is 0 Å². The molecule has 0 saturated heterocycles. The Kier molecular flexibility index (Phi) is 6.17. The Labute approximate surface area is 164 Å². The Balaban J connectivity index is 1.67. The second kappa shape index (κ2) is 8.95. The van der Waals surface area contributed by atoms with Crippen LogP contribution >= 0.6 is 15.9 Å². The fraction of sp³-hybridized carbons (Fsp3) is 0.0500. The zero-order valence-electron chi connectivity index (χ0n) is 14.2. The van der Waals surface area contributed by atoms with Crippen molar-refractivity contribution in [1.29, 1.82) is 0 Å². The minimum absolute atomic E-state index is 0.118. The highest BCUT2D eigenvalue weighted by atomic mass is 79.9. The average Bonchev–Trinajstić information content (AvgIpc) is 3.14. The van der Waals surface area contributed by atoms with E-state index in [4.69, 9.17) is 4.42 Å². The van der Waals surface area contributed by atoms with Gasteiger partial charge in [-0.2, -0.15) is 5.10 Å². The molecule has 2 amide bonds. The van der Waals surface area contributed by atoms with Crippen LogP contribution in [0.25, 0.3) is 0 Å². The molecular formula is C20H16BrN3O3. The van der Waals surface area contributed by atoms with Gasteiger partial charge in [0.1, 0.15) is 0 Å². The summed E-state index contributed by atoms with van der Waals surface area (Å²) in [4.78, 5) is 24.0. The van der Waals surface area contributed by atoms with Crippen LogP contribution in [0.1, 0.15) is 21.7 Å². The third-order valence-corrected chi connectivity index (χ3v) is 4.02. The second-order valence-electron chi connectivity index (χ2n) is 5.51. The monoisotopic (exact) mass is 425 g/mol. The van der Waals surface area contributed by atoms with Gasteiger partial charge >= 0.3 is 0 Å². The van der Waals surface area contributed by atoms with Crippen molar-refractivity contribution >= 4 is 33.5 Å². The molecule has 3 aromatic rings. The highest BCUT2D eigenvalue weighted by molar-refractivity contribution is 9.10. The summed E-state index contributed by atoms with van der Waals surface area (Å²) in [6.07, 6.45) is 0. The normalized spacial score (nSPS) is 10.1. The molecule has 1 heterocycles. The van der Waals surface area contributed by atoms with Crippen LogP contribution in [0.15, 0.2) is 87.0 Å². The summed E-state index contributed by atoms with van der Waals surface area (Å²) in [7, 11) is 0. The lowest BCUT2D eigenvalue weighted by molar-refractivity contribution is -0.120. The maximum Gasteiger partial charge on any atom is 0.287 e.